The third kappa shape index (κ3) is 6.51. The Bertz CT molecular complexity index is 2850. The number of nitrogens with zero attached hydrogens (tertiary/aromatic N) is 12. The number of fused-ring (bicyclic) bond motifs is 5. The van der Waals surface area contributed by atoms with Gasteiger partial charge in [-0.1, -0.05) is 64.4 Å². The first-order chi connectivity index (χ1) is 26.6. The number of benzene rings is 4. The summed E-state index contributed by atoms with van der Waals surface area (Å²) in [6.45, 7) is 0. The molecular weight excluding hydrogens is 1070 g/mol. The van der Waals surface area contributed by atoms with Crippen molar-refractivity contribution in [2.75, 3.05) is 14.1 Å². The van der Waals surface area contributed by atoms with Crippen LogP contribution >= 0.6 is 0 Å². The van der Waals surface area contributed by atoms with Crippen molar-refractivity contribution in [1.82, 2.24) is 39.0 Å². The molecule has 8 aromatic rings. The summed E-state index contributed by atoms with van der Waals surface area (Å²) in [7, 11) is 3.82. The van der Waals surface area contributed by atoms with Crippen LogP contribution in [0.4, 0.5) is 11.4 Å². The van der Waals surface area contributed by atoms with Gasteiger partial charge < -0.3 is 18.6 Å². The zero-order valence-electron chi connectivity index (χ0n) is 29.2. The summed E-state index contributed by atoms with van der Waals surface area (Å²) >= 11 is 0. The van der Waals surface area contributed by atoms with Crippen molar-refractivity contribution in [3.8, 4) is 34.9 Å². The zero-order valence-corrected chi connectivity index (χ0v) is 33.8. The maximum atomic E-state index is 6.35. The third-order valence-corrected chi connectivity index (χ3v) is 8.66. The van der Waals surface area contributed by atoms with Crippen LogP contribution in [0.5, 0.6) is 23.0 Å². The predicted octanol–water partition coefficient (Wildman–Crippen LogP) is 5.77. The molecule has 0 amide bonds. The molecule has 2 aliphatic rings. The first-order valence-electron chi connectivity index (χ1n) is 16.6. The number of ether oxygens (including phenoxy) is 2. The topological polar surface area (TPSA) is 118 Å². The summed E-state index contributed by atoms with van der Waals surface area (Å²) in [5.41, 5.74) is 4.44. The van der Waals surface area contributed by atoms with Crippen LogP contribution in [-0.2, 0) is 42.1 Å². The molecule has 6 heterocycles. The van der Waals surface area contributed by atoms with E-state index in [0.717, 1.165) is 33.2 Å². The second-order valence-corrected chi connectivity index (χ2v) is 12.2. The fraction of sp³-hybridized carbons (Fsp3) is 0.0500. The van der Waals surface area contributed by atoms with Gasteiger partial charge in [0.2, 0.25) is 24.3 Å². The summed E-state index contributed by atoms with van der Waals surface area (Å²) < 4.78 is 23.9. The van der Waals surface area contributed by atoms with E-state index in [1.807, 2.05) is 127 Å². The fourth-order valence-corrected chi connectivity index (χ4v) is 6.39. The van der Waals surface area contributed by atoms with Gasteiger partial charge in [0.05, 0.1) is 0 Å². The predicted molar refractivity (Wildman–Crippen MR) is 193 cm³/mol. The van der Waals surface area contributed by atoms with Crippen molar-refractivity contribution < 1.29 is 69.9 Å². The van der Waals surface area contributed by atoms with Gasteiger partial charge in [0, 0.05) is 34.0 Å². The SMILES string of the molecule is C[N+]1=C=[N+](c2[c-]c(Oc3[c-]c4c(cc3)c3c(c5ccc(Oc6[c-]c([N+]7=C=[N+](C)C=C7)ccc6)[c-]c5n3-c3ncncn3)n4-c3ncncn3)ccc2)C=C1.[Pt+2].[Pt+2]. The van der Waals surface area contributed by atoms with E-state index in [4.69, 9.17) is 9.47 Å². The molecule has 272 valence electrons. The Balaban J connectivity index is 0.00000220. The quantitative estimate of drug-likeness (QED) is 0.139. The van der Waals surface area contributed by atoms with Gasteiger partial charge >= 0.3 is 54.1 Å². The standard InChI is InChI=1S/C40H24N12O2.2Pt/c1-47-13-15-49(25-47)27-5-3-7-29(17-27)53-31-9-11-33-35(19-31)51(39-43-21-41-22-44-39)38-34-12-10-32(20-36(34)52(37(33)38)40-45-23-42-24-46-40)54-30-8-4-6-28(18-30)50-16-14-48(2)26-50;;/h3-16,21-24H,1-2H3;;/q;2*+2. The second kappa shape index (κ2) is 14.9. The Morgan fingerprint density at radius 3 is 1.32 bits per heavy atom. The van der Waals surface area contributed by atoms with Crippen LogP contribution in [0.1, 0.15) is 0 Å². The molecule has 0 N–H and O–H groups in total. The number of rotatable bonds is 8. The van der Waals surface area contributed by atoms with Crippen molar-refractivity contribution in [1.29, 1.82) is 0 Å². The molecule has 10 rings (SSSR count). The normalized spacial score (nSPS) is 13.0. The second-order valence-electron chi connectivity index (χ2n) is 12.2. The van der Waals surface area contributed by atoms with Crippen molar-refractivity contribution in [2.24, 2.45) is 0 Å². The molecule has 14 nitrogen and oxygen atoms in total. The first-order valence-corrected chi connectivity index (χ1v) is 16.6. The summed E-state index contributed by atoms with van der Waals surface area (Å²) in [6, 6.07) is 39.0. The van der Waals surface area contributed by atoms with Crippen molar-refractivity contribution in [2.45, 2.75) is 0 Å². The molecule has 56 heavy (non-hydrogen) atoms. The molecule has 4 aromatic carbocycles. The van der Waals surface area contributed by atoms with E-state index < -0.39 is 0 Å². The molecule has 0 atom stereocenters. The van der Waals surface area contributed by atoms with Gasteiger partial charge in [0.1, 0.15) is 36.7 Å². The van der Waals surface area contributed by atoms with Crippen molar-refractivity contribution >= 4 is 56.2 Å². The summed E-state index contributed by atoms with van der Waals surface area (Å²) in [5, 5.41) is 1.63. The number of aromatic nitrogens is 8. The summed E-state index contributed by atoms with van der Waals surface area (Å²) in [6.07, 6.45) is 13.4. The smallest absolute Gasteiger partial charge is 0.509 e. The van der Waals surface area contributed by atoms with Crippen LogP contribution < -0.4 is 9.47 Å². The Morgan fingerprint density at radius 2 is 0.929 bits per heavy atom. The van der Waals surface area contributed by atoms with Crippen molar-refractivity contribution in [3.63, 3.8) is 0 Å². The minimum absolute atomic E-state index is 0. The maximum Gasteiger partial charge on any atom is 2.00 e. The average Bonchev–Trinajstić information content (AvgIpc) is 3.99. The van der Waals surface area contributed by atoms with Crippen LogP contribution in [0, 0.1) is 24.3 Å². The molecule has 0 fully saturated rings. The van der Waals surface area contributed by atoms with Crippen LogP contribution in [0.15, 0.2) is 111 Å². The van der Waals surface area contributed by atoms with Gasteiger partial charge in [-0.25, -0.2) is 29.9 Å². The number of hydrogen-bond donors (Lipinski definition) is 0. The fourth-order valence-electron chi connectivity index (χ4n) is 6.39. The molecule has 0 spiro atoms. The molecule has 0 radical (unpaired) electrons. The van der Waals surface area contributed by atoms with Crippen molar-refractivity contribution in [3.05, 3.63) is 135 Å². The molecule has 0 saturated carbocycles. The van der Waals surface area contributed by atoms with E-state index >= 15 is 0 Å². The summed E-state index contributed by atoms with van der Waals surface area (Å²) in [5.74, 6) is 2.74. The minimum Gasteiger partial charge on any atom is -0.509 e. The van der Waals surface area contributed by atoms with E-state index in [1.165, 1.54) is 25.3 Å². The van der Waals surface area contributed by atoms with Crippen LogP contribution in [-0.4, -0.2) is 83.5 Å². The molecule has 4 aromatic heterocycles. The Kier molecular flexibility index (Phi) is 9.72. The summed E-state index contributed by atoms with van der Waals surface area (Å²) in [4.78, 5) is 26.3. The average molecular weight is 1090 g/mol. The van der Waals surface area contributed by atoms with E-state index in [0.29, 0.717) is 45.9 Å². The molecule has 2 aliphatic heterocycles. The van der Waals surface area contributed by atoms with E-state index in [9.17, 15) is 0 Å². The van der Waals surface area contributed by atoms with Crippen LogP contribution in [0.3, 0.4) is 0 Å². The van der Waals surface area contributed by atoms with E-state index in [2.05, 4.69) is 66.2 Å². The van der Waals surface area contributed by atoms with Gasteiger partial charge in [-0.2, -0.15) is 24.3 Å². The largest absolute Gasteiger partial charge is 2.00 e. The number of hydrogen-bond acceptors (Lipinski definition) is 8. The Hall–Kier alpha value is -6.54. The zero-order chi connectivity index (χ0) is 36.2. The molecule has 16 heteroatoms. The van der Waals surface area contributed by atoms with Gasteiger partial charge in [-0.3, -0.25) is 0 Å². The maximum absolute atomic E-state index is 6.35. The minimum atomic E-state index is 0. The third-order valence-electron chi connectivity index (χ3n) is 8.66. The molecule has 0 bridgehead atoms. The van der Waals surface area contributed by atoms with Crippen LogP contribution in [0.2, 0.25) is 0 Å². The van der Waals surface area contributed by atoms with Gasteiger partial charge in [-0.15, -0.1) is 36.4 Å². The monoisotopic (exact) mass is 1090 g/mol. The van der Waals surface area contributed by atoms with Gasteiger partial charge in [-0.05, 0) is 0 Å². The molecule has 0 unspecified atom stereocenters. The molecule has 0 aliphatic carbocycles. The Morgan fingerprint density at radius 1 is 0.518 bits per heavy atom. The molecule has 0 saturated heterocycles. The van der Waals surface area contributed by atoms with Crippen LogP contribution in [0.25, 0.3) is 44.7 Å². The van der Waals surface area contributed by atoms with E-state index in [-0.39, 0.29) is 42.1 Å². The molecular formula is C40H24N12O2Pt2+4. The van der Waals surface area contributed by atoms with E-state index in [1.54, 1.807) is 0 Å². The van der Waals surface area contributed by atoms with Gasteiger partial charge in [0.15, 0.2) is 14.1 Å². The van der Waals surface area contributed by atoms with Gasteiger partial charge in [0.25, 0.3) is 12.4 Å². The first kappa shape index (κ1) is 36.4. The Labute approximate surface area is 347 Å².